The number of fused-ring (bicyclic) bond motifs is 3. The average Bonchev–Trinajstić information content (AvgIpc) is 3.42. The van der Waals surface area contributed by atoms with Gasteiger partial charge in [0.25, 0.3) is 0 Å². The van der Waals surface area contributed by atoms with Gasteiger partial charge in [0.15, 0.2) is 0 Å². The fourth-order valence-corrected chi connectivity index (χ4v) is 5.62. The average molecular weight is 544 g/mol. The largest absolute Gasteiger partial charge is 0.459 e. The van der Waals surface area contributed by atoms with Crippen LogP contribution in [0.1, 0.15) is 34.6 Å². The van der Waals surface area contributed by atoms with Gasteiger partial charge in [0.05, 0.1) is 10.6 Å². The highest BCUT2D eigenvalue weighted by Gasteiger charge is 2.32. The molecule has 0 saturated heterocycles. The summed E-state index contributed by atoms with van der Waals surface area (Å²) in [6.45, 7) is 8.66. The highest BCUT2D eigenvalue weighted by atomic mass is 32.2. The zero-order valence-corrected chi connectivity index (χ0v) is 22.7. The first-order chi connectivity index (χ1) is 17.3. The third-order valence-corrected chi connectivity index (χ3v) is 7.52. The summed E-state index contributed by atoms with van der Waals surface area (Å²) in [6, 6.07) is 10.1. The monoisotopic (exact) mass is 543 g/mol. The molecule has 0 bridgehead atoms. The zero-order valence-electron chi connectivity index (χ0n) is 21.1. The second-order valence-electron chi connectivity index (χ2n) is 9.94. The van der Waals surface area contributed by atoms with Crippen LogP contribution >= 0.6 is 11.3 Å². The first-order valence-electron chi connectivity index (χ1n) is 11.6. The standard InChI is InChI=1S/C26H29N3O6S2/c1-15(2)23(24(30)35-26(3,4)5)29-37(32,33)18-7-9-20-19-8-6-16(12-21(19)34-22(20)13-18)27-25(31)28-17-10-11-36-14-17/h6-15,23,29H,1-5H3,(H2,27,28,31)/t23-/m0/s1. The number of esters is 1. The van der Waals surface area contributed by atoms with E-state index in [2.05, 4.69) is 15.4 Å². The maximum atomic E-state index is 13.2. The van der Waals surface area contributed by atoms with Gasteiger partial charge in [0, 0.05) is 34.0 Å². The van der Waals surface area contributed by atoms with Crippen molar-refractivity contribution in [2.24, 2.45) is 5.92 Å². The molecular weight excluding hydrogens is 514 g/mol. The van der Waals surface area contributed by atoms with Gasteiger partial charge in [-0.25, -0.2) is 13.2 Å². The highest BCUT2D eigenvalue weighted by molar-refractivity contribution is 7.89. The van der Waals surface area contributed by atoms with Crippen LogP contribution in [0.3, 0.4) is 0 Å². The topological polar surface area (TPSA) is 127 Å². The van der Waals surface area contributed by atoms with Gasteiger partial charge in [0.2, 0.25) is 10.0 Å². The van der Waals surface area contributed by atoms with Gasteiger partial charge in [0.1, 0.15) is 22.8 Å². The van der Waals surface area contributed by atoms with Crippen LogP contribution < -0.4 is 15.4 Å². The Bertz CT molecular complexity index is 1550. The summed E-state index contributed by atoms with van der Waals surface area (Å²) < 4.78 is 40.1. The lowest BCUT2D eigenvalue weighted by Gasteiger charge is -2.26. The number of ether oxygens (including phenoxy) is 1. The third kappa shape index (κ3) is 6.30. The van der Waals surface area contributed by atoms with Crippen LogP contribution in [0.2, 0.25) is 0 Å². The van der Waals surface area contributed by atoms with Crippen LogP contribution in [-0.2, 0) is 19.6 Å². The smallest absolute Gasteiger partial charge is 0.324 e. The van der Waals surface area contributed by atoms with Crippen molar-refractivity contribution in [3.8, 4) is 0 Å². The molecule has 0 aliphatic rings. The number of furan rings is 1. The molecule has 196 valence electrons. The van der Waals surface area contributed by atoms with Crippen molar-refractivity contribution < 1.29 is 27.2 Å². The normalized spacial score (nSPS) is 13.1. The fraction of sp³-hybridized carbons (Fsp3) is 0.308. The Morgan fingerprint density at radius 3 is 2.22 bits per heavy atom. The summed E-state index contributed by atoms with van der Waals surface area (Å²) in [7, 11) is -4.06. The first-order valence-corrected chi connectivity index (χ1v) is 14.1. The molecule has 0 spiro atoms. The SMILES string of the molecule is CC(C)[C@H](NS(=O)(=O)c1ccc2c(c1)oc1cc(NC(=O)Nc3ccsc3)ccc12)C(=O)OC(C)(C)C. The van der Waals surface area contributed by atoms with Crippen LogP contribution in [-0.4, -0.2) is 32.1 Å². The molecule has 3 N–H and O–H groups in total. The second kappa shape index (κ2) is 10.2. The number of carbonyl (C=O) groups excluding carboxylic acids is 2. The van der Waals surface area contributed by atoms with Gasteiger partial charge in [-0.2, -0.15) is 16.1 Å². The molecule has 2 aromatic carbocycles. The third-order valence-electron chi connectivity index (χ3n) is 5.40. The minimum atomic E-state index is -4.06. The summed E-state index contributed by atoms with van der Waals surface area (Å²) >= 11 is 1.47. The summed E-state index contributed by atoms with van der Waals surface area (Å²) in [5.41, 5.74) is 1.31. The number of hydrogen-bond acceptors (Lipinski definition) is 7. The van der Waals surface area contributed by atoms with E-state index >= 15 is 0 Å². The maximum Gasteiger partial charge on any atom is 0.324 e. The van der Waals surface area contributed by atoms with E-state index in [-0.39, 0.29) is 10.8 Å². The van der Waals surface area contributed by atoms with Crippen LogP contribution in [0.4, 0.5) is 16.2 Å². The van der Waals surface area contributed by atoms with Gasteiger partial charge in [-0.3, -0.25) is 4.79 Å². The molecule has 37 heavy (non-hydrogen) atoms. The molecular formula is C26H29N3O6S2. The number of rotatable bonds is 7. The summed E-state index contributed by atoms with van der Waals surface area (Å²) in [5, 5.41) is 10.7. The van der Waals surface area contributed by atoms with E-state index in [1.165, 1.54) is 23.5 Å². The zero-order chi connectivity index (χ0) is 27.0. The van der Waals surface area contributed by atoms with Gasteiger partial charge >= 0.3 is 12.0 Å². The lowest BCUT2D eigenvalue weighted by Crippen LogP contribution is -2.47. The molecule has 2 heterocycles. The van der Waals surface area contributed by atoms with E-state index in [0.29, 0.717) is 22.5 Å². The number of hydrogen-bond donors (Lipinski definition) is 3. The Morgan fingerprint density at radius 2 is 1.59 bits per heavy atom. The Kier molecular flexibility index (Phi) is 7.31. The number of sulfonamides is 1. The molecule has 1 atom stereocenters. The van der Waals surface area contributed by atoms with E-state index in [4.69, 9.17) is 9.15 Å². The van der Waals surface area contributed by atoms with Gasteiger partial charge in [-0.1, -0.05) is 13.8 Å². The summed E-state index contributed by atoms with van der Waals surface area (Å²) in [6.07, 6.45) is 0. The predicted molar refractivity (Wildman–Crippen MR) is 145 cm³/mol. The van der Waals surface area contributed by atoms with Crippen LogP contribution in [0.25, 0.3) is 21.9 Å². The molecule has 11 heteroatoms. The number of urea groups is 1. The number of benzene rings is 2. The number of anilines is 2. The van der Waals surface area contributed by atoms with Crippen molar-refractivity contribution in [3.63, 3.8) is 0 Å². The molecule has 0 radical (unpaired) electrons. The molecule has 2 amide bonds. The second-order valence-corrected chi connectivity index (χ2v) is 12.4. The number of nitrogens with one attached hydrogen (secondary N) is 3. The van der Waals surface area contributed by atoms with Crippen molar-refractivity contribution >= 4 is 66.7 Å². The molecule has 0 fully saturated rings. The highest BCUT2D eigenvalue weighted by Crippen LogP contribution is 2.32. The quantitative estimate of drug-likeness (QED) is 0.248. The Hall–Kier alpha value is -3.41. The number of amides is 2. The molecule has 9 nitrogen and oxygen atoms in total. The fourth-order valence-electron chi connectivity index (χ4n) is 3.69. The maximum absolute atomic E-state index is 13.2. The van der Waals surface area contributed by atoms with Gasteiger partial charge in [-0.05, 0) is 62.4 Å². The van der Waals surface area contributed by atoms with E-state index < -0.39 is 33.7 Å². The molecule has 0 unspecified atom stereocenters. The van der Waals surface area contributed by atoms with E-state index in [1.807, 2.05) is 10.8 Å². The summed E-state index contributed by atoms with van der Waals surface area (Å²) in [4.78, 5) is 24.8. The Labute approximate surface area is 219 Å². The van der Waals surface area contributed by atoms with Crippen LogP contribution in [0, 0.1) is 5.92 Å². The van der Waals surface area contributed by atoms with Crippen LogP contribution in [0.15, 0.2) is 62.5 Å². The lowest BCUT2D eigenvalue weighted by molar-refractivity contribution is -0.158. The molecule has 4 aromatic rings. The lowest BCUT2D eigenvalue weighted by atomic mass is 10.1. The van der Waals surface area contributed by atoms with Gasteiger partial charge < -0.3 is 19.8 Å². The predicted octanol–water partition coefficient (Wildman–Crippen LogP) is 5.94. The molecule has 0 aliphatic heterocycles. The van der Waals surface area contributed by atoms with Gasteiger partial charge in [-0.15, -0.1) is 0 Å². The Balaban J connectivity index is 1.57. The Morgan fingerprint density at radius 1 is 0.946 bits per heavy atom. The number of thiophene rings is 1. The van der Waals surface area contributed by atoms with E-state index in [0.717, 1.165) is 10.8 Å². The minimum Gasteiger partial charge on any atom is -0.459 e. The minimum absolute atomic E-state index is 0.0400. The van der Waals surface area contributed by atoms with Crippen molar-refractivity contribution in [1.29, 1.82) is 0 Å². The molecule has 4 rings (SSSR count). The molecule has 0 aliphatic carbocycles. The number of carbonyl (C=O) groups is 2. The molecule has 2 aromatic heterocycles. The van der Waals surface area contributed by atoms with E-state index in [9.17, 15) is 18.0 Å². The van der Waals surface area contributed by atoms with Crippen molar-refractivity contribution in [1.82, 2.24) is 4.72 Å². The van der Waals surface area contributed by atoms with Crippen LogP contribution in [0.5, 0.6) is 0 Å². The van der Waals surface area contributed by atoms with Crippen molar-refractivity contribution in [2.75, 3.05) is 10.6 Å². The first kappa shape index (κ1) is 26.6. The summed E-state index contributed by atoms with van der Waals surface area (Å²) in [5.74, 6) is -0.971. The van der Waals surface area contributed by atoms with Crippen molar-refractivity contribution in [3.05, 3.63) is 53.2 Å². The van der Waals surface area contributed by atoms with Crippen molar-refractivity contribution in [2.45, 2.75) is 51.2 Å². The van der Waals surface area contributed by atoms with E-state index in [1.54, 1.807) is 65.0 Å². The molecule has 0 saturated carbocycles.